The number of nitrogens with two attached hydrogens (primary N) is 1. The first-order valence-corrected chi connectivity index (χ1v) is 8.70. The number of likely N-dealkylation sites (tertiary alicyclic amines) is 1. The molecule has 3 rings (SSSR count). The molecule has 1 atom stereocenters. The molecule has 1 aromatic carbocycles. The minimum absolute atomic E-state index is 0.0464. The highest BCUT2D eigenvalue weighted by Crippen LogP contribution is 2.33. The van der Waals surface area contributed by atoms with Crippen LogP contribution in [0.25, 0.3) is 0 Å². The van der Waals surface area contributed by atoms with Crippen molar-refractivity contribution in [3.05, 3.63) is 22.7 Å². The summed E-state index contributed by atoms with van der Waals surface area (Å²) in [5.41, 5.74) is 5.52. The van der Waals surface area contributed by atoms with Gasteiger partial charge in [0.2, 0.25) is 0 Å². The third-order valence-corrected chi connectivity index (χ3v) is 5.55. The molecule has 2 heterocycles. The van der Waals surface area contributed by atoms with Gasteiger partial charge in [0.1, 0.15) is 11.3 Å². The summed E-state index contributed by atoms with van der Waals surface area (Å²) < 4.78 is 5.25. The fourth-order valence-electron chi connectivity index (χ4n) is 3.58. The Hall–Kier alpha value is -2.48. The molecule has 2 fully saturated rings. The second-order valence-electron chi connectivity index (χ2n) is 6.75. The van der Waals surface area contributed by atoms with Crippen LogP contribution < -0.4 is 21.1 Å². The number of urea groups is 1. The van der Waals surface area contributed by atoms with Crippen molar-refractivity contribution in [1.29, 1.82) is 0 Å². The third-order valence-electron chi connectivity index (χ3n) is 5.22. The van der Waals surface area contributed by atoms with Crippen LogP contribution in [0.1, 0.15) is 30.1 Å². The lowest BCUT2D eigenvalue weighted by Gasteiger charge is -2.38. The lowest BCUT2D eigenvalue weighted by atomic mass is 9.79. The van der Waals surface area contributed by atoms with Gasteiger partial charge in [-0.05, 0) is 31.7 Å². The van der Waals surface area contributed by atoms with Crippen molar-refractivity contribution in [2.45, 2.75) is 25.3 Å². The smallest absolute Gasteiger partial charge is 0.322 e. The first kappa shape index (κ1) is 18.3. The van der Waals surface area contributed by atoms with Crippen LogP contribution in [-0.2, 0) is 4.79 Å². The molecule has 8 nitrogen and oxygen atoms in total. The van der Waals surface area contributed by atoms with Crippen molar-refractivity contribution in [3.63, 3.8) is 0 Å². The average Bonchev–Trinajstić information content (AvgIpc) is 2.89. The zero-order valence-corrected chi connectivity index (χ0v) is 15.4. The van der Waals surface area contributed by atoms with E-state index >= 15 is 0 Å². The van der Waals surface area contributed by atoms with Gasteiger partial charge in [0.25, 0.3) is 11.8 Å². The Kier molecular flexibility index (Phi) is 4.70. The Morgan fingerprint density at radius 1 is 1.35 bits per heavy atom. The Morgan fingerprint density at radius 2 is 2.00 bits per heavy atom. The predicted molar refractivity (Wildman–Crippen MR) is 96.1 cm³/mol. The SMILES string of the molecule is COc1cc(N)c(Cl)cc1C(=O)N1CCC(C2(C)NC(=O)NC2=O)CC1. The van der Waals surface area contributed by atoms with Gasteiger partial charge >= 0.3 is 6.03 Å². The number of anilines is 1. The van der Waals surface area contributed by atoms with E-state index < -0.39 is 11.6 Å². The normalized spacial score (nSPS) is 23.6. The number of amides is 4. The Balaban J connectivity index is 1.73. The maximum Gasteiger partial charge on any atom is 0.322 e. The summed E-state index contributed by atoms with van der Waals surface area (Å²) in [6.07, 6.45) is 1.20. The van der Waals surface area contributed by atoms with E-state index in [1.165, 1.54) is 19.2 Å². The lowest BCUT2D eigenvalue weighted by molar-refractivity contribution is -0.125. The molecule has 0 saturated carbocycles. The number of nitrogen functional groups attached to an aromatic ring is 1. The van der Waals surface area contributed by atoms with Crippen molar-refractivity contribution in [2.75, 3.05) is 25.9 Å². The summed E-state index contributed by atoms with van der Waals surface area (Å²) in [5, 5.41) is 5.27. The van der Waals surface area contributed by atoms with Crippen molar-refractivity contribution in [1.82, 2.24) is 15.5 Å². The van der Waals surface area contributed by atoms with E-state index in [1.54, 1.807) is 11.8 Å². The molecule has 9 heteroatoms. The Morgan fingerprint density at radius 3 is 2.54 bits per heavy atom. The fourth-order valence-corrected chi connectivity index (χ4v) is 3.74. The first-order valence-electron chi connectivity index (χ1n) is 8.32. The predicted octanol–water partition coefficient (Wildman–Crippen LogP) is 1.38. The highest BCUT2D eigenvalue weighted by Gasteiger charge is 2.48. The molecule has 0 aliphatic carbocycles. The summed E-state index contributed by atoms with van der Waals surface area (Å²) in [5.74, 6) is -0.199. The van der Waals surface area contributed by atoms with E-state index in [2.05, 4.69) is 10.6 Å². The minimum atomic E-state index is -0.936. The summed E-state index contributed by atoms with van der Waals surface area (Å²) in [4.78, 5) is 38.1. The van der Waals surface area contributed by atoms with E-state index in [0.717, 1.165) is 0 Å². The van der Waals surface area contributed by atoms with Gasteiger partial charge in [0.05, 0.1) is 23.4 Å². The minimum Gasteiger partial charge on any atom is -0.496 e. The molecule has 1 unspecified atom stereocenters. The molecule has 1 aromatic rings. The number of benzene rings is 1. The quantitative estimate of drug-likeness (QED) is 0.541. The van der Waals surface area contributed by atoms with E-state index in [9.17, 15) is 14.4 Å². The summed E-state index contributed by atoms with van der Waals surface area (Å²) in [6, 6.07) is 2.56. The number of imide groups is 1. The third kappa shape index (κ3) is 3.05. The van der Waals surface area contributed by atoms with Gasteiger partial charge in [-0.25, -0.2) is 4.79 Å². The number of nitrogens with zero attached hydrogens (tertiary/aromatic N) is 1. The lowest BCUT2D eigenvalue weighted by Crippen LogP contribution is -2.54. The zero-order valence-electron chi connectivity index (χ0n) is 14.6. The monoisotopic (exact) mass is 380 g/mol. The number of hydrogen-bond donors (Lipinski definition) is 3. The molecule has 0 aromatic heterocycles. The first-order chi connectivity index (χ1) is 12.3. The van der Waals surface area contributed by atoms with Crippen LogP contribution in [0.5, 0.6) is 5.75 Å². The average molecular weight is 381 g/mol. The molecular formula is C17H21ClN4O4. The Labute approximate surface area is 156 Å². The highest BCUT2D eigenvalue weighted by molar-refractivity contribution is 6.33. The van der Waals surface area contributed by atoms with Crippen molar-refractivity contribution >= 4 is 35.1 Å². The number of piperidine rings is 1. The van der Waals surface area contributed by atoms with E-state index in [4.69, 9.17) is 22.1 Å². The molecule has 26 heavy (non-hydrogen) atoms. The van der Waals surface area contributed by atoms with Crippen LogP contribution in [0.15, 0.2) is 12.1 Å². The largest absolute Gasteiger partial charge is 0.496 e. The van der Waals surface area contributed by atoms with E-state index in [-0.39, 0.29) is 17.7 Å². The molecule has 0 spiro atoms. The molecule has 0 radical (unpaired) electrons. The van der Waals surface area contributed by atoms with Gasteiger partial charge in [0, 0.05) is 19.2 Å². The van der Waals surface area contributed by atoms with Gasteiger partial charge in [-0.15, -0.1) is 0 Å². The number of hydrogen-bond acceptors (Lipinski definition) is 5. The second kappa shape index (κ2) is 6.68. The van der Waals surface area contributed by atoms with Crippen LogP contribution in [0, 0.1) is 5.92 Å². The summed E-state index contributed by atoms with van der Waals surface area (Å²) in [6.45, 7) is 2.65. The highest BCUT2D eigenvalue weighted by atomic mass is 35.5. The maximum absolute atomic E-state index is 12.9. The van der Waals surface area contributed by atoms with Crippen LogP contribution in [0.3, 0.4) is 0 Å². The van der Waals surface area contributed by atoms with Gasteiger partial charge in [0.15, 0.2) is 0 Å². The molecule has 2 aliphatic heterocycles. The zero-order chi connectivity index (χ0) is 19.1. The van der Waals surface area contributed by atoms with Crippen LogP contribution >= 0.6 is 11.6 Å². The topological polar surface area (TPSA) is 114 Å². The molecule has 2 aliphatic rings. The maximum atomic E-state index is 12.9. The van der Waals surface area contributed by atoms with Gasteiger partial charge in [-0.1, -0.05) is 11.6 Å². The number of rotatable bonds is 3. The second-order valence-corrected chi connectivity index (χ2v) is 7.16. The van der Waals surface area contributed by atoms with Crippen molar-refractivity contribution < 1.29 is 19.1 Å². The van der Waals surface area contributed by atoms with Gasteiger partial charge in [-0.2, -0.15) is 0 Å². The van der Waals surface area contributed by atoms with Crippen molar-refractivity contribution in [2.24, 2.45) is 5.92 Å². The van der Waals surface area contributed by atoms with Gasteiger partial charge < -0.3 is 20.7 Å². The van der Waals surface area contributed by atoms with E-state index in [0.29, 0.717) is 48.0 Å². The standard InChI is InChI=1S/C17H21ClN4O4/c1-17(15(24)20-16(25)21-17)9-3-5-22(6-4-9)14(23)10-7-11(18)12(19)8-13(10)26-2/h7-9H,3-6,19H2,1-2H3,(H2,20,21,24,25). The fraction of sp³-hybridized carbons (Fsp3) is 0.471. The number of ether oxygens (including phenoxy) is 1. The molecule has 4 N–H and O–H groups in total. The van der Waals surface area contributed by atoms with E-state index in [1.807, 2.05) is 0 Å². The van der Waals surface area contributed by atoms with Crippen LogP contribution in [0.4, 0.5) is 10.5 Å². The molecule has 2 saturated heterocycles. The van der Waals surface area contributed by atoms with Crippen molar-refractivity contribution in [3.8, 4) is 5.75 Å². The number of carbonyl (C=O) groups excluding carboxylic acids is 3. The number of nitrogens with one attached hydrogen (secondary N) is 2. The van der Waals surface area contributed by atoms with Crippen LogP contribution in [0.2, 0.25) is 5.02 Å². The van der Waals surface area contributed by atoms with Gasteiger partial charge in [-0.3, -0.25) is 14.9 Å². The molecule has 0 bridgehead atoms. The molecular weight excluding hydrogens is 360 g/mol. The molecule has 140 valence electrons. The number of carbonyl (C=O) groups is 3. The van der Waals surface area contributed by atoms with Crippen LogP contribution in [-0.4, -0.2) is 48.5 Å². The number of halogens is 1. The summed E-state index contributed by atoms with van der Waals surface area (Å²) in [7, 11) is 1.47. The Bertz CT molecular complexity index is 776. The summed E-state index contributed by atoms with van der Waals surface area (Å²) >= 11 is 6.05. The number of methoxy groups -OCH3 is 1. The molecule has 4 amide bonds.